The summed E-state index contributed by atoms with van der Waals surface area (Å²) in [4.78, 5) is 15.0. The highest BCUT2D eigenvalue weighted by Crippen LogP contribution is 2.02. The fourth-order valence-electron chi connectivity index (χ4n) is 1.68. The van der Waals surface area contributed by atoms with Crippen LogP contribution in [-0.4, -0.2) is 55.4 Å². The molecule has 76 valence electrons. The molecule has 0 aromatic rings. The Kier molecular flexibility index (Phi) is 5.01. The summed E-state index contributed by atoms with van der Waals surface area (Å²) in [7, 11) is 0. The molecule has 1 saturated heterocycles. The van der Waals surface area contributed by atoms with Gasteiger partial charge in [0.2, 0.25) is 0 Å². The van der Waals surface area contributed by atoms with Crippen molar-refractivity contribution in [1.82, 2.24) is 9.80 Å². The lowest BCUT2D eigenvalue weighted by Gasteiger charge is -2.33. The van der Waals surface area contributed by atoms with Crippen molar-refractivity contribution in [1.29, 1.82) is 0 Å². The quantitative estimate of drug-likeness (QED) is 0.585. The normalized spacial score (nSPS) is 20.4. The summed E-state index contributed by atoms with van der Waals surface area (Å²) in [5.41, 5.74) is 0. The molecule has 0 unspecified atom stereocenters. The first kappa shape index (κ1) is 10.7. The summed E-state index contributed by atoms with van der Waals surface area (Å²) in [6, 6.07) is 0. The smallest absolute Gasteiger partial charge is 0.133 e. The number of rotatable bonds is 5. The zero-order valence-corrected chi connectivity index (χ0v) is 8.54. The van der Waals surface area contributed by atoms with E-state index in [0.717, 1.165) is 32.5 Å². The Labute approximate surface area is 80.7 Å². The molecule has 1 aliphatic heterocycles. The van der Waals surface area contributed by atoms with Crippen molar-refractivity contribution in [3.05, 3.63) is 0 Å². The third-order valence-electron chi connectivity index (χ3n) is 2.63. The third-order valence-corrected chi connectivity index (χ3v) is 2.63. The topological polar surface area (TPSA) is 23.6 Å². The van der Waals surface area contributed by atoms with E-state index in [9.17, 15) is 4.79 Å². The Balaban J connectivity index is 2.11. The molecule has 0 atom stereocenters. The monoisotopic (exact) mass is 184 g/mol. The molecule has 0 aromatic carbocycles. The molecule has 0 amide bonds. The van der Waals surface area contributed by atoms with Gasteiger partial charge in [0, 0.05) is 26.2 Å². The highest BCUT2D eigenvalue weighted by atomic mass is 16.1. The van der Waals surface area contributed by atoms with Crippen LogP contribution >= 0.6 is 0 Å². The highest BCUT2D eigenvalue weighted by molar-refractivity contribution is 5.51. The molecule has 0 N–H and O–H groups in total. The number of hydrogen-bond donors (Lipinski definition) is 0. The molecule has 0 aromatic heterocycles. The number of hydrogen-bond acceptors (Lipinski definition) is 3. The van der Waals surface area contributed by atoms with Crippen LogP contribution in [0.5, 0.6) is 0 Å². The van der Waals surface area contributed by atoms with Crippen molar-refractivity contribution >= 4 is 6.29 Å². The van der Waals surface area contributed by atoms with E-state index in [2.05, 4.69) is 16.7 Å². The average molecular weight is 184 g/mol. The van der Waals surface area contributed by atoms with Crippen molar-refractivity contribution in [2.45, 2.75) is 19.8 Å². The first-order valence-corrected chi connectivity index (χ1v) is 5.25. The van der Waals surface area contributed by atoms with Gasteiger partial charge in [0.15, 0.2) is 0 Å². The molecule has 3 heteroatoms. The highest BCUT2D eigenvalue weighted by Gasteiger charge is 2.14. The third kappa shape index (κ3) is 3.87. The van der Waals surface area contributed by atoms with E-state index < -0.39 is 0 Å². The van der Waals surface area contributed by atoms with Crippen LogP contribution in [0, 0.1) is 0 Å². The minimum atomic E-state index is 0.613. The van der Waals surface area contributed by atoms with E-state index in [0.29, 0.717) is 6.54 Å². The lowest BCUT2D eigenvalue weighted by molar-refractivity contribution is -0.109. The summed E-state index contributed by atoms with van der Waals surface area (Å²) in [5, 5.41) is 0. The molecule has 13 heavy (non-hydrogen) atoms. The lowest BCUT2D eigenvalue weighted by atomic mass is 10.2. The fraction of sp³-hybridized carbons (Fsp3) is 0.900. The van der Waals surface area contributed by atoms with Gasteiger partial charge in [-0.15, -0.1) is 0 Å². The second-order valence-corrected chi connectivity index (χ2v) is 3.66. The summed E-state index contributed by atoms with van der Waals surface area (Å²) in [6.45, 7) is 8.45. The van der Waals surface area contributed by atoms with Gasteiger partial charge in [-0.2, -0.15) is 0 Å². The Morgan fingerprint density at radius 3 is 2.31 bits per heavy atom. The summed E-state index contributed by atoms with van der Waals surface area (Å²) < 4.78 is 0. The van der Waals surface area contributed by atoms with Gasteiger partial charge >= 0.3 is 0 Å². The van der Waals surface area contributed by atoms with Crippen molar-refractivity contribution in [2.75, 3.05) is 39.3 Å². The van der Waals surface area contributed by atoms with Gasteiger partial charge in [-0.05, 0) is 13.0 Å². The predicted octanol–water partition coefficient (Wildman–Crippen LogP) is 0.603. The molecule has 0 spiro atoms. The van der Waals surface area contributed by atoms with Crippen molar-refractivity contribution in [3.63, 3.8) is 0 Å². The predicted molar refractivity (Wildman–Crippen MR) is 53.9 cm³/mol. The molecular formula is C10H20N2O. The van der Waals surface area contributed by atoms with Crippen LogP contribution in [0.3, 0.4) is 0 Å². The van der Waals surface area contributed by atoms with E-state index in [4.69, 9.17) is 0 Å². The van der Waals surface area contributed by atoms with Crippen LogP contribution in [0.15, 0.2) is 0 Å². The molecule has 0 bridgehead atoms. The van der Waals surface area contributed by atoms with Crippen molar-refractivity contribution < 1.29 is 4.79 Å². The SMILES string of the molecule is CCCCN1CCN(CC=O)CC1. The number of carbonyl (C=O) groups excluding carboxylic acids is 1. The minimum Gasteiger partial charge on any atom is -0.302 e. The molecule has 3 nitrogen and oxygen atoms in total. The second kappa shape index (κ2) is 6.11. The average Bonchev–Trinajstić information content (AvgIpc) is 2.17. The van der Waals surface area contributed by atoms with Gasteiger partial charge in [0.1, 0.15) is 6.29 Å². The molecule has 0 aliphatic carbocycles. The van der Waals surface area contributed by atoms with Crippen LogP contribution in [0.2, 0.25) is 0 Å². The molecule has 1 fully saturated rings. The Morgan fingerprint density at radius 1 is 1.15 bits per heavy atom. The largest absolute Gasteiger partial charge is 0.302 e. The van der Waals surface area contributed by atoms with E-state index in [-0.39, 0.29) is 0 Å². The number of unbranched alkanes of at least 4 members (excludes halogenated alkanes) is 1. The van der Waals surface area contributed by atoms with E-state index in [1.807, 2.05) is 0 Å². The van der Waals surface area contributed by atoms with Crippen LogP contribution in [-0.2, 0) is 4.79 Å². The molecule has 1 heterocycles. The van der Waals surface area contributed by atoms with Crippen molar-refractivity contribution in [3.8, 4) is 0 Å². The summed E-state index contributed by atoms with van der Waals surface area (Å²) in [6.07, 6.45) is 3.57. The standard InChI is InChI=1S/C10H20N2O/c1-2-3-4-11-5-7-12(8-6-11)9-10-13/h10H,2-9H2,1H3. The van der Waals surface area contributed by atoms with Gasteiger partial charge in [0.25, 0.3) is 0 Å². The number of piperazine rings is 1. The van der Waals surface area contributed by atoms with Gasteiger partial charge in [0.05, 0.1) is 6.54 Å². The van der Waals surface area contributed by atoms with Crippen LogP contribution in [0.1, 0.15) is 19.8 Å². The second-order valence-electron chi connectivity index (χ2n) is 3.66. The summed E-state index contributed by atoms with van der Waals surface area (Å²) in [5.74, 6) is 0. The number of nitrogens with zero attached hydrogens (tertiary/aromatic N) is 2. The van der Waals surface area contributed by atoms with Crippen LogP contribution < -0.4 is 0 Å². The molecule has 0 saturated carbocycles. The van der Waals surface area contributed by atoms with E-state index in [1.54, 1.807) is 0 Å². The molecule has 1 aliphatic rings. The molecule has 1 rings (SSSR count). The van der Waals surface area contributed by atoms with Crippen LogP contribution in [0.25, 0.3) is 0 Å². The Bertz CT molecular complexity index is 142. The van der Waals surface area contributed by atoms with E-state index >= 15 is 0 Å². The number of aldehydes is 1. The van der Waals surface area contributed by atoms with Gasteiger partial charge in [-0.1, -0.05) is 13.3 Å². The van der Waals surface area contributed by atoms with Crippen LogP contribution in [0.4, 0.5) is 0 Å². The first-order valence-electron chi connectivity index (χ1n) is 5.25. The number of carbonyl (C=O) groups is 1. The zero-order chi connectivity index (χ0) is 9.52. The lowest BCUT2D eigenvalue weighted by Crippen LogP contribution is -2.46. The maximum Gasteiger partial charge on any atom is 0.133 e. The Hall–Kier alpha value is -0.410. The van der Waals surface area contributed by atoms with Crippen molar-refractivity contribution in [2.24, 2.45) is 0 Å². The summed E-state index contributed by atoms with van der Waals surface area (Å²) >= 11 is 0. The maximum absolute atomic E-state index is 10.3. The molecule has 0 radical (unpaired) electrons. The zero-order valence-electron chi connectivity index (χ0n) is 8.54. The van der Waals surface area contributed by atoms with Gasteiger partial charge in [-0.3, -0.25) is 4.90 Å². The Morgan fingerprint density at radius 2 is 1.77 bits per heavy atom. The molecular weight excluding hydrogens is 164 g/mol. The fourth-order valence-corrected chi connectivity index (χ4v) is 1.68. The first-order chi connectivity index (χ1) is 6.36. The van der Waals surface area contributed by atoms with E-state index in [1.165, 1.54) is 19.4 Å². The minimum absolute atomic E-state index is 0.613. The maximum atomic E-state index is 10.3. The van der Waals surface area contributed by atoms with Gasteiger partial charge in [-0.25, -0.2) is 0 Å². The van der Waals surface area contributed by atoms with Gasteiger partial charge < -0.3 is 9.69 Å².